The summed E-state index contributed by atoms with van der Waals surface area (Å²) in [5, 5.41) is 4.60. The van der Waals surface area contributed by atoms with Crippen LogP contribution in [-0.2, 0) is 4.74 Å². The Morgan fingerprint density at radius 3 is 2.52 bits per heavy atom. The summed E-state index contributed by atoms with van der Waals surface area (Å²) in [5.74, 6) is -0.192. The second-order valence-electron chi connectivity index (χ2n) is 7.73. The maximum atomic E-state index is 13.9. The lowest BCUT2D eigenvalue weighted by Gasteiger charge is -2.33. The molecule has 6 nitrogen and oxygen atoms in total. The smallest absolute Gasteiger partial charge is 0.410 e. The molecule has 1 amide bonds. The average molecular weight is 375 g/mol. The summed E-state index contributed by atoms with van der Waals surface area (Å²) < 4.78 is 26.2. The lowest BCUT2D eigenvalue weighted by atomic mass is 10.1. The molecule has 0 radical (unpaired) electrons. The van der Waals surface area contributed by atoms with E-state index < -0.39 is 11.4 Å². The van der Waals surface area contributed by atoms with E-state index in [1.165, 1.54) is 13.2 Å². The number of benzene rings is 1. The number of methoxy groups -OCH3 is 1. The largest absolute Gasteiger partial charge is 0.494 e. The van der Waals surface area contributed by atoms with Crippen molar-refractivity contribution in [3.63, 3.8) is 0 Å². The first-order valence-electron chi connectivity index (χ1n) is 9.14. The van der Waals surface area contributed by atoms with Crippen molar-refractivity contribution in [2.24, 2.45) is 0 Å². The van der Waals surface area contributed by atoms with Crippen molar-refractivity contribution in [2.75, 3.05) is 20.2 Å². The number of nitrogens with zero attached hydrogens (tertiary/aromatic N) is 3. The molecule has 2 heterocycles. The molecule has 1 aliphatic rings. The minimum Gasteiger partial charge on any atom is -0.494 e. The van der Waals surface area contributed by atoms with Gasteiger partial charge in [-0.2, -0.15) is 5.10 Å². The van der Waals surface area contributed by atoms with Gasteiger partial charge in [0.25, 0.3) is 0 Å². The van der Waals surface area contributed by atoms with Gasteiger partial charge in [0.2, 0.25) is 0 Å². The van der Waals surface area contributed by atoms with Crippen molar-refractivity contribution in [1.29, 1.82) is 0 Å². The van der Waals surface area contributed by atoms with Crippen LogP contribution in [0.4, 0.5) is 9.18 Å². The van der Waals surface area contributed by atoms with Gasteiger partial charge in [0, 0.05) is 24.8 Å². The highest BCUT2D eigenvalue weighted by Crippen LogP contribution is 2.27. The zero-order valence-corrected chi connectivity index (χ0v) is 16.2. The van der Waals surface area contributed by atoms with Crippen LogP contribution in [-0.4, -0.2) is 46.6 Å². The molecule has 27 heavy (non-hydrogen) atoms. The van der Waals surface area contributed by atoms with E-state index in [4.69, 9.17) is 9.47 Å². The number of amides is 1. The van der Waals surface area contributed by atoms with Crippen molar-refractivity contribution >= 4 is 6.09 Å². The third kappa shape index (κ3) is 4.59. The molecule has 1 aromatic heterocycles. The van der Waals surface area contributed by atoms with Crippen molar-refractivity contribution in [3.8, 4) is 17.0 Å². The van der Waals surface area contributed by atoms with E-state index in [9.17, 15) is 9.18 Å². The van der Waals surface area contributed by atoms with Crippen LogP contribution >= 0.6 is 0 Å². The number of aromatic nitrogens is 2. The summed E-state index contributed by atoms with van der Waals surface area (Å²) in [6.45, 7) is 6.86. The van der Waals surface area contributed by atoms with E-state index in [1.807, 2.05) is 37.7 Å². The van der Waals surface area contributed by atoms with Gasteiger partial charge in [0.1, 0.15) is 5.60 Å². The topological polar surface area (TPSA) is 56.6 Å². The molecule has 0 atom stereocenters. The monoisotopic (exact) mass is 375 g/mol. The Labute approximate surface area is 158 Å². The molecule has 0 bridgehead atoms. The lowest BCUT2D eigenvalue weighted by Crippen LogP contribution is -2.42. The third-order valence-electron chi connectivity index (χ3n) is 4.55. The van der Waals surface area contributed by atoms with Crippen LogP contribution in [0.25, 0.3) is 11.3 Å². The fourth-order valence-electron chi connectivity index (χ4n) is 3.16. The molecule has 2 aromatic rings. The molecule has 0 unspecified atom stereocenters. The van der Waals surface area contributed by atoms with Crippen molar-refractivity contribution in [1.82, 2.24) is 14.7 Å². The molecule has 0 N–H and O–H groups in total. The molecule has 1 aromatic carbocycles. The molecule has 1 fully saturated rings. The third-order valence-corrected chi connectivity index (χ3v) is 4.55. The van der Waals surface area contributed by atoms with Gasteiger partial charge < -0.3 is 14.4 Å². The van der Waals surface area contributed by atoms with E-state index >= 15 is 0 Å². The maximum Gasteiger partial charge on any atom is 0.410 e. The van der Waals surface area contributed by atoms with E-state index in [0.717, 1.165) is 12.8 Å². The number of carbonyl (C=O) groups excluding carboxylic acids is 1. The minimum atomic E-state index is -0.488. The van der Waals surface area contributed by atoms with Crippen LogP contribution in [0.1, 0.15) is 39.7 Å². The highest BCUT2D eigenvalue weighted by atomic mass is 19.1. The molecule has 0 aliphatic carbocycles. The van der Waals surface area contributed by atoms with Crippen LogP contribution in [0.3, 0.4) is 0 Å². The Hall–Kier alpha value is -2.57. The molecule has 146 valence electrons. The summed E-state index contributed by atoms with van der Waals surface area (Å²) in [6, 6.07) is 6.90. The van der Waals surface area contributed by atoms with Crippen LogP contribution in [0.5, 0.6) is 5.75 Å². The number of likely N-dealkylation sites (tertiary alicyclic amines) is 1. The molecule has 0 spiro atoms. The Morgan fingerprint density at radius 1 is 1.22 bits per heavy atom. The van der Waals surface area contributed by atoms with Gasteiger partial charge >= 0.3 is 6.09 Å². The van der Waals surface area contributed by atoms with Gasteiger partial charge in [-0.05, 0) is 57.9 Å². The van der Waals surface area contributed by atoms with Gasteiger partial charge in [-0.25, -0.2) is 9.18 Å². The predicted octanol–water partition coefficient (Wildman–Crippen LogP) is 4.27. The summed E-state index contributed by atoms with van der Waals surface area (Å²) >= 11 is 0. The summed E-state index contributed by atoms with van der Waals surface area (Å²) in [6.07, 6.45) is 3.25. The number of ether oxygens (including phenoxy) is 2. The lowest BCUT2D eigenvalue weighted by molar-refractivity contribution is 0.0185. The first-order chi connectivity index (χ1) is 12.8. The van der Waals surface area contributed by atoms with Crippen molar-refractivity contribution < 1.29 is 18.7 Å². The number of rotatable bonds is 3. The first kappa shape index (κ1) is 19.2. The van der Waals surface area contributed by atoms with Crippen molar-refractivity contribution in [3.05, 3.63) is 36.3 Å². The van der Waals surface area contributed by atoms with Crippen LogP contribution in [0.2, 0.25) is 0 Å². The van der Waals surface area contributed by atoms with Gasteiger partial charge in [-0.1, -0.05) is 0 Å². The molecule has 3 rings (SSSR count). The Balaban J connectivity index is 1.63. The zero-order chi connectivity index (χ0) is 19.6. The maximum absolute atomic E-state index is 13.9. The number of carbonyl (C=O) groups is 1. The second kappa shape index (κ2) is 7.58. The predicted molar refractivity (Wildman–Crippen MR) is 100 cm³/mol. The van der Waals surface area contributed by atoms with Crippen molar-refractivity contribution in [2.45, 2.75) is 45.3 Å². The highest BCUT2D eigenvalue weighted by molar-refractivity contribution is 5.68. The number of hydrogen-bond acceptors (Lipinski definition) is 4. The highest BCUT2D eigenvalue weighted by Gasteiger charge is 2.27. The Morgan fingerprint density at radius 2 is 1.93 bits per heavy atom. The minimum absolute atomic E-state index is 0.209. The van der Waals surface area contributed by atoms with Gasteiger partial charge in [0.05, 0.1) is 18.8 Å². The van der Waals surface area contributed by atoms with Crippen LogP contribution in [0.15, 0.2) is 30.5 Å². The number of piperidine rings is 1. The molecule has 1 saturated heterocycles. The van der Waals surface area contributed by atoms with Gasteiger partial charge in [-0.3, -0.25) is 4.68 Å². The molecule has 7 heteroatoms. The SMILES string of the molecule is COc1ccc(-c2ccn(C3CCN(C(=O)OC(C)(C)C)CC3)n2)cc1F. The van der Waals surface area contributed by atoms with E-state index in [1.54, 1.807) is 17.0 Å². The summed E-state index contributed by atoms with van der Waals surface area (Å²) in [5.41, 5.74) is 0.933. The Kier molecular flexibility index (Phi) is 5.39. The van der Waals surface area contributed by atoms with E-state index in [2.05, 4.69) is 5.10 Å². The number of halogens is 1. The molecule has 0 saturated carbocycles. The van der Waals surface area contributed by atoms with Crippen LogP contribution < -0.4 is 4.74 Å². The average Bonchev–Trinajstić information content (AvgIpc) is 3.10. The molecular weight excluding hydrogens is 349 g/mol. The zero-order valence-electron chi connectivity index (χ0n) is 16.2. The summed E-state index contributed by atoms with van der Waals surface area (Å²) in [4.78, 5) is 13.9. The van der Waals surface area contributed by atoms with E-state index in [-0.39, 0.29) is 17.9 Å². The first-order valence-corrected chi connectivity index (χ1v) is 9.14. The van der Waals surface area contributed by atoms with E-state index in [0.29, 0.717) is 24.3 Å². The quantitative estimate of drug-likeness (QED) is 0.804. The fourth-order valence-corrected chi connectivity index (χ4v) is 3.16. The van der Waals surface area contributed by atoms with Gasteiger partial charge in [-0.15, -0.1) is 0 Å². The second-order valence-corrected chi connectivity index (χ2v) is 7.73. The normalized spacial score (nSPS) is 15.7. The molecule has 1 aliphatic heterocycles. The standard InChI is InChI=1S/C20H26FN3O3/c1-20(2,3)27-19(25)23-10-7-15(8-11-23)24-12-9-17(22-24)14-5-6-18(26-4)16(21)13-14/h5-6,9,12-13,15H,7-8,10-11H2,1-4H3. The van der Waals surface area contributed by atoms with Gasteiger partial charge in [0.15, 0.2) is 11.6 Å². The Bertz CT molecular complexity index is 805. The fraction of sp³-hybridized carbons (Fsp3) is 0.500. The number of hydrogen-bond donors (Lipinski definition) is 0. The summed E-state index contributed by atoms with van der Waals surface area (Å²) in [7, 11) is 1.44. The molecular formula is C20H26FN3O3. The van der Waals surface area contributed by atoms with Crippen LogP contribution in [0, 0.1) is 5.82 Å².